The first-order valence-corrected chi connectivity index (χ1v) is 3.73. The highest BCUT2D eigenvalue weighted by Gasteiger charge is 2.13. The molecule has 0 aliphatic heterocycles. The van der Waals surface area contributed by atoms with E-state index < -0.39 is 18.0 Å². The van der Waals surface area contributed by atoms with Gasteiger partial charge in [-0.25, -0.2) is 4.39 Å². The quantitative estimate of drug-likeness (QED) is 0.701. The van der Waals surface area contributed by atoms with Crippen molar-refractivity contribution in [2.45, 2.75) is 19.1 Å². The van der Waals surface area contributed by atoms with Crippen LogP contribution in [0.4, 0.5) is 4.39 Å². The van der Waals surface area contributed by atoms with Gasteiger partial charge in [0.05, 0.1) is 6.10 Å². The molecular weight excluding hydrogens is 159 g/mol. The summed E-state index contributed by atoms with van der Waals surface area (Å²) in [6.45, 7) is 1.45. The predicted molar refractivity (Wildman–Crippen MR) is 43.0 cm³/mol. The lowest BCUT2D eigenvalue weighted by molar-refractivity contribution is 0.0304. The highest BCUT2D eigenvalue weighted by atomic mass is 19.1. The van der Waals surface area contributed by atoms with Crippen molar-refractivity contribution in [2.75, 3.05) is 0 Å². The van der Waals surface area contributed by atoms with E-state index in [9.17, 15) is 9.50 Å². The predicted octanol–water partition coefficient (Wildman–Crippen LogP) is 1.24. The van der Waals surface area contributed by atoms with Gasteiger partial charge in [0.15, 0.2) is 0 Å². The molecule has 0 saturated carbocycles. The van der Waals surface area contributed by atoms with E-state index in [1.807, 2.05) is 0 Å². The molecule has 0 aromatic heterocycles. The number of aliphatic hydroxyl groups is 2. The van der Waals surface area contributed by atoms with Gasteiger partial charge in [0.25, 0.3) is 0 Å². The fraction of sp³-hybridized carbons (Fsp3) is 0.333. The lowest BCUT2D eigenvalue weighted by atomic mass is 10.1. The summed E-state index contributed by atoms with van der Waals surface area (Å²) < 4.78 is 12.6. The number of halogens is 1. The second kappa shape index (κ2) is 3.65. The van der Waals surface area contributed by atoms with Crippen LogP contribution in [0, 0.1) is 5.82 Å². The van der Waals surface area contributed by atoms with Crippen LogP contribution in [0.2, 0.25) is 0 Å². The summed E-state index contributed by atoms with van der Waals surface area (Å²) in [5.74, 6) is -0.410. The van der Waals surface area contributed by atoms with Crippen molar-refractivity contribution >= 4 is 0 Å². The first-order valence-electron chi connectivity index (χ1n) is 3.73. The van der Waals surface area contributed by atoms with Gasteiger partial charge in [0, 0.05) is 0 Å². The maximum absolute atomic E-state index is 12.6. The lowest BCUT2D eigenvalue weighted by Gasteiger charge is -2.13. The zero-order valence-electron chi connectivity index (χ0n) is 6.74. The van der Waals surface area contributed by atoms with Crippen molar-refractivity contribution in [1.82, 2.24) is 0 Å². The van der Waals surface area contributed by atoms with Gasteiger partial charge in [-0.05, 0) is 24.6 Å². The molecule has 1 unspecified atom stereocenters. The molecule has 0 fully saturated rings. The molecule has 1 aromatic carbocycles. The minimum absolute atomic E-state index is 0.394. The van der Waals surface area contributed by atoms with Crippen LogP contribution in [0.1, 0.15) is 18.6 Å². The molecule has 0 saturated heterocycles. The van der Waals surface area contributed by atoms with Gasteiger partial charge in [0.2, 0.25) is 0 Å². The van der Waals surface area contributed by atoms with Crippen LogP contribution < -0.4 is 0 Å². The maximum Gasteiger partial charge on any atom is 0.123 e. The summed E-state index contributed by atoms with van der Waals surface area (Å²) in [4.78, 5) is 0. The van der Waals surface area contributed by atoms with Crippen LogP contribution in [-0.2, 0) is 0 Å². The molecule has 66 valence electrons. The highest BCUT2D eigenvalue weighted by molar-refractivity contribution is 5.19. The third-order valence-electron chi connectivity index (χ3n) is 1.65. The molecule has 0 heterocycles. The lowest BCUT2D eigenvalue weighted by Crippen LogP contribution is -2.13. The van der Waals surface area contributed by atoms with Crippen molar-refractivity contribution in [3.63, 3.8) is 0 Å². The summed E-state index contributed by atoms with van der Waals surface area (Å²) in [6.07, 6.45) is -1.90. The van der Waals surface area contributed by atoms with Crippen LogP contribution in [0.3, 0.4) is 0 Å². The Balaban J connectivity index is 2.88. The maximum atomic E-state index is 12.6. The van der Waals surface area contributed by atoms with Gasteiger partial charge in [-0.3, -0.25) is 0 Å². The first-order chi connectivity index (χ1) is 5.61. The Hall–Kier alpha value is -0.930. The molecule has 0 aliphatic carbocycles. The molecule has 3 heteroatoms. The van der Waals surface area contributed by atoms with Gasteiger partial charge >= 0.3 is 0 Å². The standard InChI is InChI=1S/C9H11FO2/c1-6(11)9(12)7-3-2-4-8(10)5-7/h2-6,9,11-12H,1H3/t6?,9-/m0/s1. The Bertz CT molecular complexity index is 260. The fourth-order valence-corrected chi connectivity index (χ4v) is 0.969. The van der Waals surface area contributed by atoms with E-state index in [1.165, 1.54) is 25.1 Å². The average molecular weight is 170 g/mol. The molecule has 0 bridgehead atoms. The molecule has 1 rings (SSSR count). The Morgan fingerprint density at radius 3 is 2.50 bits per heavy atom. The third-order valence-corrected chi connectivity index (χ3v) is 1.65. The smallest absolute Gasteiger partial charge is 0.123 e. The summed E-state index contributed by atoms with van der Waals surface area (Å²) in [6, 6.07) is 5.56. The molecule has 0 amide bonds. The van der Waals surface area contributed by atoms with Crippen LogP contribution >= 0.6 is 0 Å². The monoisotopic (exact) mass is 170 g/mol. The molecule has 2 nitrogen and oxygen atoms in total. The topological polar surface area (TPSA) is 40.5 Å². The zero-order valence-corrected chi connectivity index (χ0v) is 6.74. The minimum atomic E-state index is -1.01. The van der Waals surface area contributed by atoms with Crippen molar-refractivity contribution in [1.29, 1.82) is 0 Å². The number of benzene rings is 1. The molecule has 12 heavy (non-hydrogen) atoms. The van der Waals surface area contributed by atoms with Gasteiger partial charge in [-0.1, -0.05) is 12.1 Å². The van der Waals surface area contributed by atoms with Crippen molar-refractivity contribution in [3.8, 4) is 0 Å². The van der Waals surface area contributed by atoms with Gasteiger partial charge in [0.1, 0.15) is 11.9 Å². The number of rotatable bonds is 2. The normalized spacial score (nSPS) is 15.7. The van der Waals surface area contributed by atoms with Gasteiger partial charge in [-0.15, -0.1) is 0 Å². The molecular formula is C9H11FO2. The van der Waals surface area contributed by atoms with Crippen LogP contribution in [-0.4, -0.2) is 16.3 Å². The third kappa shape index (κ3) is 2.03. The number of hydrogen-bond acceptors (Lipinski definition) is 2. The van der Waals surface area contributed by atoms with Crippen molar-refractivity contribution < 1.29 is 14.6 Å². The molecule has 0 spiro atoms. The molecule has 2 N–H and O–H groups in total. The summed E-state index contributed by atoms with van der Waals surface area (Å²) >= 11 is 0. The Morgan fingerprint density at radius 1 is 1.33 bits per heavy atom. The van der Waals surface area contributed by atoms with E-state index >= 15 is 0 Å². The average Bonchev–Trinajstić information content (AvgIpc) is 2.03. The van der Waals surface area contributed by atoms with E-state index in [2.05, 4.69) is 0 Å². The van der Waals surface area contributed by atoms with E-state index in [0.717, 1.165) is 0 Å². The van der Waals surface area contributed by atoms with Crippen LogP contribution in [0.25, 0.3) is 0 Å². The largest absolute Gasteiger partial charge is 0.390 e. The van der Waals surface area contributed by atoms with Crippen molar-refractivity contribution in [2.24, 2.45) is 0 Å². The first kappa shape index (κ1) is 9.16. The summed E-state index contributed by atoms with van der Waals surface area (Å²) in [5.41, 5.74) is 0.394. The SMILES string of the molecule is CC(O)[C@H](O)c1cccc(F)c1. The highest BCUT2D eigenvalue weighted by Crippen LogP contribution is 2.16. The minimum Gasteiger partial charge on any atom is -0.390 e. The van der Waals surface area contributed by atoms with Crippen molar-refractivity contribution in [3.05, 3.63) is 35.6 Å². The zero-order chi connectivity index (χ0) is 9.14. The van der Waals surface area contributed by atoms with E-state index in [4.69, 9.17) is 5.11 Å². The second-order valence-corrected chi connectivity index (χ2v) is 2.74. The number of hydrogen-bond donors (Lipinski definition) is 2. The van der Waals surface area contributed by atoms with Gasteiger partial charge < -0.3 is 10.2 Å². The van der Waals surface area contributed by atoms with E-state index in [0.29, 0.717) is 5.56 Å². The van der Waals surface area contributed by atoms with E-state index in [1.54, 1.807) is 6.07 Å². The molecule has 0 aliphatic rings. The fourth-order valence-electron chi connectivity index (χ4n) is 0.969. The van der Waals surface area contributed by atoms with Gasteiger partial charge in [-0.2, -0.15) is 0 Å². The summed E-state index contributed by atoms with van der Waals surface area (Å²) in [7, 11) is 0. The molecule has 2 atom stereocenters. The number of aliphatic hydroxyl groups excluding tert-OH is 2. The Kier molecular flexibility index (Phi) is 2.78. The molecule has 0 radical (unpaired) electrons. The van der Waals surface area contributed by atoms with Crippen LogP contribution in [0.5, 0.6) is 0 Å². The second-order valence-electron chi connectivity index (χ2n) is 2.74. The van der Waals surface area contributed by atoms with Crippen LogP contribution in [0.15, 0.2) is 24.3 Å². The Morgan fingerprint density at radius 2 is 2.00 bits per heavy atom. The van der Waals surface area contributed by atoms with E-state index in [-0.39, 0.29) is 0 Å². The molecule has 1 aromatic rings. The summed E-state index contributed by atoms with van der Waals surface area (Å²) in [5, 5.41) is 18.3. The Labute approximate surface area is 70.3 Å².